The van der Waals surface area contributed by atoms with Crippen molar-refractivity contribution in [2.24, 2.45) is 0 Å². The number of ether oxygens (including phenoxy) is 2. The molecule has 0 aliphatic heterocycles. The average Bonchev–Trinajstić information content (AvgIpc) is 2.48. The van der Waals surface area contributed by atoms with E-state index in [0.717, 1.165) is 17.1 Å². The number of nitrogens with two attached hydrogens (primary N) is 1. The second-order valence-corrected chi connectivity index (χ2v) is 5.12. The molecule has 106 valence electrons. The number of benzene rings is 2. The van der Waals surface area contributed by atoms with Gasteiger partial charge in [0.15, 0.2) is 5.75 Å². The number of hydrogen-bond acceptors (Lipinski definition) is 4. The van der Waals surface area contributed by atoms with E-state index in [0.29, 0.717) is 23.8 Å². The van der Waals surface area contributed by atoms with E-state index in [1.54, 1.807) is 11.8 Å². The quantitative estimate of drug-likeness (QED) is 0.625. The first-order chi connectivity index (χ1) is 9.76. The Morgan fingerprint density at radius 2 is 1.70 bits per heavy atom. The third kappa shape index (κ3) is 3.39. The number of nitrogen functional groups attached to an aromatic ring is 1. The van der Waals surface area contributed by atoms with Gasteiger partial charge in [-0.2, -0.15) is 0 Å². The van der Waals surface area contributed by atoms with Crippen molar-refractivity contribution in [3.05, 3.63) is 42.5 Å². The van der Waals surface area contributed by atoms with Crippen molar-refractivity contribution in [1.29, 1.82) is 0 Å². The first kappa shape index (κ1) is 14.6. The van der Waals surface area contributed by atoms with Gasteiger partial charge in [0.05, 0.1) is 6.61 Å². The number of para-hydroxylation sites is 2. The number of thioether (sulfide) groups is 1. The maximum absolute atomic E-state index is 6.11. The molecule has 0 radical (unpaired) electrons. The predicted octanol–water partition coefficient (Wildman–Crippen LogP) is 4.57. The fourth-order valence-electron chi connectivity index (χ4n) is 1.77. The van der Waals surface area contributed by atoms with Crippen LogP contribution in [-0.4, -0.2) is 12.9 Å². The molecule has 20 heavy (non-hydrogen) atoms. The van der Waals surface area contributed by atoms with Gasteiger partial charge in [0, 0.05) is 4.90 Å². The molecule has 0 aliphatic carbocycles. The summed E-state index contributed by atoms with van der Waals surface area (Å²) in [5, 5.41) is 0. The summed E-state index contributed by atoms with van der Waals surface area (Å²) in [5.74, 6) is 2.10. The average molecular weight is 289 g/mol. The topological polar surface area (TPSA) is 44.5 Å². The Balaban J connectivity index is 2.25. The van der Waals surface area contributed by atoms with E-state index in [4.69, 9.17) is 15.2 Å². The van der Waals surface area contributed by atoms with Gasteiger partial charge in [-0.05, 0) is 36.9 Å². The molecular weight excluding hydrogens is 270 g/mol. The van der Waals surface area contributed by atoms with Crippen LogP contribution in [0.4, 0.5) is 5.69 Å². The molecule has 0 unspecified atom stereocenters. The molecule has 0 fully saturated rings. The van der Waals surface area contributed by atoms with Gasteiger partial charge in [0.2, 0.25) is 0 Å². The lowest BCUT2D eigenvalue weighted by Crippen LogP contribution is -2.00. The zero-order valence-corrected chi connectivity index (χ0v) is 12.6. The largest absolute Gasteiger partial charge is 0.491 e. The summed E-state index contributed by atoms with van der Waals surface area (Å²) in [5.41, 5.74) is 6.65. The molecule has 2 aromatic rings. The molecular formula is C16H19NO2S. The van der Waals surface area contributed by atoms with Gasteiger partial charge >= 0.3 is 0 Å². The Bertz CT molecular complexity index is 572. The molecule has 0 bridgehead atoms. The molecule has 0 saturated heterocycles. The van der Waals surface area contributed by atoms with E-state index >= 15 is 0 Å². The standard InChI is InChI=1S/C16H19NO2S/c1-3-11-18-13-8-6-9-14(16(13)17)19-12-7-4-5-10-15(12)20-2/h4-10H,3,11,17H2,1-2H3. The fourth-order valence-corrected chi connectivity index (χ4v) is 2.30. The van der Waals surface area contributed by atoms with Gasteiger partial charge < -0.3 is 15.2 Å². The Labute approximate surface area is 124 Å². The number of anilines is 1. The summed E-state index contributed by atoms with van der Waals surface area (Å²) < 4.78 is 11.5. The van der Waals surface area contributed by atoms with Crippen LogP contribution < -0.4 is 15.2 Å². The zero-order valence-electron chi connectivity index (χ0n) is 11.8. The van der Waals surface area contributed by atoms with Crippen LogP contribution in [0, 0.1) is 0 Å². The van der Waals surface area contributed by atoms with Gasteiger partial charge in [-0.1, -0.05) is 25.1 Å². The van der Waals surface area contributed by atoms with Crippen LogP contribution in [0.2, 0.25) is 0 Å². The minimum absolute atomic E-state index is 0.539. The van der Waals surface area contributed by atoms with E-state index in [1.807, 2.05) is 48.7 Å². The monoisotopic (exact) mass is 289 g/mol. The first-order valence-electron chi connectivity index (χ1n) is 6.58. The summed E-state index contributed by atoms with van der Waals surface area (Å²) >= 11 is 1.64. The second-order valence-electron chi connectivity index (χ2n) is 4.27. The molecule has 0 atom stereocenters. The number of hydrogen-bond donors (Lipinski definition) is 1. The van der Waals surface area contributed by atoms with Crippen molar-refractivity contribution < 1.29 is 9.47 Å². The van der Waals surface area contributed by atoms with Crippen LogP contribution in [0.3, 0.4) is 0 Å². The van der Waals surface area contributed by atoms with Crippen molar-refractivity contribution in [2.75, 3.05) is 18.6 Å². The third-order valence-electron chi connectivity index (χ3n) is 2.78. The molecule has 0 heterocycles. The third-order valence-corrected chi connectivity index (χ3v) is 3.55. The molecule has 2 rings (SSSR count). The highest BCUT2D eigenvalue weighted by Gasteiger charge is 2.10. The fraction of sp³-hybridized carbons (Fsp3) is 0.250. The van der Waals surface area contributed by atoms with Gasteiger partial charge in [0.1, 0.15) is 17.2 Å². The van der Waals surface area contributed by atoms with Crippen LogP contribution >= 0.6 is 11.8 Å². The van der Waals surface area contributed by atoms with Crippen LogP contribution in [-0.2, 0) is 0 Å². The molecule has 2 N–H and O–H groups in total. The number of rotatable bonds is 6. The molecule has 2 aromatic carbocycles. The summed E-state index contributed by atoms with van der Waals surface area (Å²) in [6.45, 7) is 2.71. The SMILES string of the molecule is CCCOc1cccc(Oc2ccccc2SC)c1N. The van der Waals surface area contributed by atoms with Gasteiger partial charge in [-0.3, -0.25) is 0 Å². The van der Waals surface area contributed by atoms with E-state index in [2.05, 4.69) is 6.92 Å². The van der Waals surface area contributed by atoms with E-state index in [1.165, 1.54) is 0 Å². The van der Waals surface area contributed by atoms with Crippen LogP contribution in [0.25, 0.3) is 0 Å². The minimum Gasteiger partial charge on any atom is -0.491 e. The van der Waals surface area contributed by atoms with Gasteiger partial charge in [0.25, 0.3) is 0 Å². The van der Waals surface area contributed by atoms with Crippen molar-refractivity contribution in [1.82, 2.24) is 0 Å². The maximum atomic E-state index is 6.11. The molecule has 0 saturated carbocycles. The summed E-state index contributed by atoms with van der Waals surface area (Å²) in [4.78, 5) is 1.08. The van der Waals surface area contributed by atoms with Crippen molar-refractivity contribution in [3.8, 4) is 17.2 Å². The highest BCUT2D eigenvalue weighted by atomic mass is 32.2. The molecule has 0 aromatic heterocycles. The Hall–Kier alpha value is -1.81. The smallest absolute Gasteiger partial charge is 0.154 e. The highest BCUT2D eigenvalue weighted by Crippen LogP contribution is 2.37. The Morgan fingerprint density at radius 1 is 1.00 bits per heavy atom. The summed E-state index contributed by atoms with van der Waals surface area (Å²) in [6, 6.07) is 13.5. The molecule has 0 aliphatic rings. The van der Waals surface area contributed by atoms with E-state index < -0.39 is 0 Å². The minimum atomic E-state index is 0.539. The summed E-state index contributed by atoms with van der Waals surface area (Å²) in [7, 11) is 0. The van der Waals surface area contributed by atoms with Crippen molar-refractivity contribution >= 4 is 17.4 Å². The lowest BCUT2D eigenvalue weighted by Gasteiger charge is -2.14. The van der Waals surface area contributed by atoms with Crippen molar-refractivity contribution in [3.63, 3.8) is 0 Å². The molecule has 0 spiro atoms. The molecule has 0 amide bonds. The van der Waals surface area contributed by atoms with Crippen LogP contribution in [0.15, 0.2) is 47.4 Å². The van der Waals surface area contributed by atoms with E-state index in [-0.39, 0.29) is 0 Å². The molecule has 3 nitrogen and oxygen atoms in total. The van der Waals surface area contributed by atoms with Gasteiger partial charge in [-0.15, -0.1) is 11.8 Å². The first-order valence-corrected chi connectivity index (χ1v) is 7.81. The Morgan fingerprint density at radius 3 is 2.45 bits per heavy atom. The maximum Gasteiger partial charge on any atom is 0.154 e. The normalized spacial score (nSPS) is 10.3. The highest BCUT2D eigenvalue weighted by molar-refractivity contribution is 7.98. The van der Waals surface area contributed by atoms with Gasteiger partial charge in [-0.25, -0.2) is 0 Å². The lowest BCUT2D eigenvalue weighted by molar-refractivity contribution is 0.317. The predicted molar refractivity (Wildman–Crippen MR) is 84.9 cm³/mol. The molecule has 4 heteroatoms. The van der Waals surface area contributed by atoms with Crippen LogP contribution in [0.1, 0.15) is 13.3 Å². The summed E-state index contributed by atoms with van der Waals surface area (Å²) in [6.07, 6.45) is 2.96. The van der Waals surface area contributed by atoms with E-state index in [9.17, 15) is 0 Å². The Kier molecular flexibility index (Phi) is 5.18. The zero-order chi connectivity index (χ0) is 14.4. The van der Waals surface area contributed by atoms with Crippen molar-refractivity contribution in [2.45, 2.75) is 18.2 Å². The van der Waals surface area contributed by atoms with Crippen LogP contribution in [0.5, 0.6) is 17.2 Å². The lowest BCUT2D eigenvalue weighted by atomic mass is 10.2. The second kappa shape index (κ2) is 7.10.